The first-order chi connectivity index (χ1) is 14.6. The van der Waals surface area contributed by atoms with E-state index in [1.165, 1.54) is 11.3 Å². The molecule has 3 aromatic rings. The number of ketones is 1. The van der Waals surface area contributed by atoms with Crippen molar-refractivity contribution in [2.24, 2.45) is 0 Å². The minimum absolute atomic E-state index is 0.00220. The molecule has 2 aromatic carbocycles. The van der Waals surface area contributed by atoms with Gasteiger partial charge in [0.25, 0.3) is 5.91 Å². The molecular weight excluding hydrogens is 400 g/mol. The van der Waals surface area contributed by atoms with E-state index in [0.29, 0.717) is 17.0 Å². The molecule has 7 heteroatoms. The molecule has 2 N–H and O–H groups in total. The van der Waals surface area contributed by atoms with E-state index in [4.69, 9.17) is 4.74 Å². The first-order valence-electron chi connectivity index (χ1n) is 9.51. The predicted octanol–water partition coefficient (Wildman–Crippen LogP) is 3.53. The molecule has 0 aliphatic carbocycles. The number of thiophene rings is 1. The Morgan fingerprint density at radius 3 is 2.30 bits per heavy atom. The van der Waals surface area contributed by atoms with E-state index >= 15 is 0 Å². The second-order valence-electron chi connectivity index (χ2n) is 6.56. The lowest BCUT2D eigenvalue weighted by atomic mass is 10.0. The molecule has 30 heavy (non-hydrogen) atoms. The van der Waals surface area contributed by atoms with E-state index in [0.717, 1.165) is 11.1 Å². The fraction of sp³-hybridized carbons (Fsp3) is 0.174. The third-order valence-electron chi connectivity index (χ3n) is 4.29. The first-order valence-corrected chi connectivity index (χ1v) is 10.4. The summed E-state index contributed by atoms with van der Waals surface area (Å²) in [5.74, 6) is -0.394. The Hall–Kier alpha value is -3.45. The Kier molecular flexibility index (Phi) is 7.74. The molecule has 0 aliphatic rings. The van der Waals surface area contributed by atoms with Crippen molar-refractivity contribution in [2.45, 2.75) is 19.3 Å². The molecule has 0 saturated heterocycles. The Morgan fingerprint density at radius 2 is 1.53 bits per heavy atom. The van der Waals surface area contributed by atoms with Crippen LogP contribution in [0.5, 0.6) is 5.75 Å². The number of carbonyl (C=O) groups excluding carboxylic acids is 3. The average molecular weight is 423 g/mol. The van der Waals surface area contributed by atoms with Gasteiger partial charge in [-0.1, -0.05) is 54.6 Å². The van der Waals surface area contributed by atoms with E-state index in [9.17, 15) is 14.4 Å². The molecule has 6 nitrogen and oxygen atoms in total. The molecule has 3 rings (SSSR count). The number of para-hydroxylation sites is 1. The quantitative estimate of drug-likeness (QED) is 0.408. The smallest absolute Gasteiger partial charge is 0.276 e. The van der Waals surface area contributed by atoms with Gasteiger partial charge in [0.1, 0.15) is 5.75 Å². The van der Waals surface area contributed by atoms with Crippen LogP contribution in [0.1, 0.15) is 33.6 Å². The molecule has 1 heterocycles. The zero-order valence-electron chi connectivity index (χ0n) is 16.3. The summed E-state index contributed by atoms with van der Waals surface area (Å²) in [5, 5.41) is 1.81. The van der Waals surface area contributed by atoms with Crippen molar-refractivity contribution in [3.8, 4) is 5.75 Å². The normalized spacial score (nSPS) is 10.3. The third-order valence-corrected chi connectivity index (χ3v) is 5.20. The van der Waals surface area contributed by atoms with Crippen molar-refractivity contribution in [1.82, 2.24) is 10.9 Å². The summed E-state index contributed by atoms with van der Waals surface area (Å²) in [7, 11) is 0. The van der Waals surface area contributed by atoms with Gasteiger partial charge in [-0.25, -0.2) is 0 Å². The summed E-state index contributed by atoms with van der Waals surface area (Å²) in [4.78, 5) is 36.4. The van der Waals surface area contributed by atoms with Gasteiger partial charge in [-0.05, 0) is 28.6 Å². The minimum Gasteiger partial charge on any atom is -0.483 e. The summed E-state index contributed by atoms with van der Waals surface area (Å²) < 4.78 is 5.63. The Morgan fingerprint density at radius 1 is 0.800 bits per heavy atom. The number of nitrogens with one attached hydrogen (secondary N) is 2. The molecule has 1 aromatic heterocycles. The molecule has 0 saturated carbocycles. The number of rotatable bonds is 9. The summed E-state index contributed by atoms with van der Waals surface area (Å²) >= 11 is 1.34. The number of hydrogen-bond acceptors (Lipinski definition) is 5. The molecule has 0 radical (unpaired) electrons. The van der Waals surface area contributed by atoms with Crippen LogP contribution < -0.4 is 15.6 Å². The first kappa shape index (κ1) is 21.3. The number of carbonyl (C=O) groups is 3. The Bertz CT molecular complexity index is 987. The molecule has 0 aliphatic heterocycles. The highest BCUT2D eigenvalue weighted by molar-refractivity contribution is 7.12. The van der Waals surface area contributed by atoms with E-state index in [-0.39, 0.29) is 25.2 Å². The van der Waals surface area contributed by atoms with Crippen molar-refractivity contribution < 1.29 is 19.1 Å². The van der Waals surface area contributed by atoms with Crippen LogP contribution in [0.4, 0.5) is 0 Å². The average Bonchev–Trinajstić information content (AvgIpc) is 3.31. The number of amides is 2. The maximum absolute atomic E-state index is 12.0. The highest BCUT2D eigenvalue weighted by Gasteiger charge is 2.12. The lowest BCUT2D eigenvalue weighted by molar-refractivity contribution is -0.130. The second-order valence-corrected chi connectivity index (χ2v) is 7.50. The summed E-state index contributed by atoms with van der Waals surface area (Å²) in [5.41, 5.74) is 6.72. The fourth-order valence-corrected chi connectivity index (χ4v) is 3.47. The molecule has 0 bridgehead atoms. The van der Waals surface area contributed by atoms with Gasteiger partial charge in [0.15, 0.2) is 12.4 Å². The van der Waals surface area contributed by atoms with Crippen molar-refractivity contribution in [3.05, 3.63) is 88.1 Å². The molecule has 0 fully saturated rings. The summed E-state index contributed by atoms with van der Waals surface area (Å²) in [6.45, 7) is -0.236. The third kappa shape index (κ3) is 6.56. The topological polar surface area (TPSA) is 84.5 Å². The van der Waals surface area contributed by atoms with Crippen molar-refractivity contribution in [2.75, 3.05) is 6.61 Å². The predicted molar refractivity (Wildman–Crippen MR) is 115 cm³/mol. The largest absolute Gasteiger partial charge is 0.483 e. The Balaban J connectivity index is 1.41. The number of hydrogen-bond donors (Lipinski definition) is 2. The van der Waals surface area contributed by atoms with Crippen LogP contribution in [0.15, 0.2) is 72.1 Å². The summed E-state index contributed by atoms with van der Waals surface area (Å²) in [6, 6.07) is 21.0. The highest BCUT2D eigenvalue weighted by Crippen LogP contribution is 2.21. The van der Waals surface area contributed by atoms with Crippen LogP contribution in [-0.4, -0.2) is 24.2 Å². The maximum Gasteiger partial charge on any atom is 0.276 e. The van der Waals surface area contributed by atoms with Crippen molar-refractivity contribution >= 4 is 28.9 Å². The molecule has 0 atom stereocenters. The van der Waals surface area contributed by atoms with E-state index in [2.05, 4.69) is 10.9 Å². The van der Waals surface area contributed by atoms with Gasteiger partial charge >= 0.3 is 0 Å². The van der Waals surface area contributed by atoms with Crippen molar-refractivity contribution in [3.63, 3.8) is 0 Å². The van der Waals surface area contributed by atoms with Crippen LogP contribution in [0.25, 0.3) is 0 Å². The molecular formula is C23H22N2O4S. The van der Waals surface area contributed by atoms with E-state index in [1.54, 1.807) is 18.2 Å². The van der Waals surface area contributed by atoms with Crippen LogP contribution >= 0.6 is 11.3 Å². The van der Waals surface area contributed by atoms with E-state index in [1.807, 2.05) is 53.9 Å². The molecule has 0 spiro atoms. The Labute approximate surface area is 178 Å². The SMILES string of the molecule is O=C(CCC(=O)c1cccs1)NNC(=O)COc1ccccc1Cc1ccccc1. The highest BCUT2D eigenvalue weighted by atomic mass is 32.1. The lowest BCUT2D eigenvalue weighted by Crippen LogP contribution is -2.43. The maximum atomic E-state index is 12.0. The molecule has 2 amide bonds. The zero-order valence-corrected chi connectivity index (χ0v) is 17.1. The monoisotopic (exact) mass is 422 g/mol. The number of hydrazine groups is 1. The number of ether oxygens (including phenoxy) is 1. The van der Waals surface area contributed by atoms with E-state index < -0.39 is 11.8 Å². The van der Waals surface area contributed by atoms with Crippen LogP contribution in [0, 0.1) is 0 Å². The standard InChI is InChI=1S/C23H22N2O4S/c26-19(21-11-6-14-30-21)12-13-22(27)24-25-23(28)16-29-20-10-5-4-9-18(20)15-17-7-2-1-3-8-17/h1-11,14H,12-13,15-16H2,(H,24,27)(H,25,28). The van der Waals surface area contributed by atoms with Gasteiger partial charge in [-0.15, -0.1) is 11.3 Å². The van der Waals surface area contributed by atoms with Gasteiger partial charge in [0, 0.05) is 19.3 Å². The van der Waals surface area contributed by atoms with Crippen LogP contribution in [0.3, 0.4) is 0 Å². The van der Waals surface area contributed by atoms with Crippen LogP contribution in [0.2, 0.25) is 0 Å². The second kappa shape index (κ2) is 10.9. The molecule has 0 unspecified atom stereocenters. The molecule has 154 valence electrons. The number of benzene rings is 2. The van der Waals surface area contributed by atoms with Gasteiger partial charge in [-0.2, -0.15) is 0 Å². The zero-order chi connectivity index (χ0) is 21.2. The number of Topliss-reactive ketones (excluding diaryl/α,β-unsaturated/α-hetero) is 1. The van der Waals surface area contributed by atoms with Crippen molar-refractivity contribution in [1.29, 1.82) is 0 Å². The van der Waals surface area contributed by atoms with Gasteiger partial charge < -0.3 is 4.74 Å². The van der Waals surface area contributed by atoms with Gasteiger partial charge in [0.2, 0.25) is 5.91 Å². The van der Waals surface area contributed by atoms with Gasteiger partial charge in [-0.3, -0.25) is 25.2 Å². The van der Waals surface area contributed by atoms with Crippen LogP contribution in [-0.2, 0) is 16.0 Å². The fourth-order valence-electron chi connectivity index (χ4n) is 2.78. The minimum atomic E-state index is -0.484. The lowest BCUT2D eigenvalue weighted by Gasteiger charge is -2.12. The van der Waals surface area contributed by atoms with Gasteiger partial charge in [0.05, 0.1) is 4.88 Å². The summed E-state index contributed by atoms with van der Waals surface area (Å²) in [6.07, 6.45) is 0.775.